The summed E-state index contributed by atoms with van der Waals surface area (Å²) in [6, 6.07) is 2.75. The highest BCUT2D eigenvalue weighted by Gasteiger charge is 2.25. The molecule has 0 aromatic heterocycles. The van der Waals surface area contributed by atoms with E-state index in [0.29, 0.717) is 11.5 Å². The monoisotopic (exact) mass is 226 g/mol. The molecule has 5 heteroatoms. The van der Waals surface area contributed by atoms with Crippen LogP contribution in [0.15, 0.2) is 12.1 Å². The average Bonchev–Trinajstić information content (AvgIpc) is 2.63. The van der Waals surface area contributed by atoms with Crippen molar-refractivity contribution in [3.63, 3.8) is 0 Å². The van der Waals surface area contributed by atoms with Gasteiger partial charge in [0, 0.05) is 5.56 Å². The van der Waals surface area contributed by atoms with E-state index in [2.05, 4.69) is 0 Å². The topological polar surface area (TPSA) is 55.8 Å². The Hall–Kier alpha value is -1.78. The van der Waals surface area contributed by atoms with Gasteiger partial charge in [-0.1, -0.05) is 6.92 Å². The van der Waals surface area contributed by atoms with Gasteiger partial charge in [0.1, 0.15) is 5.82 Å². The Morgan fingerprint density at radius 2 is 2.31 bits per heavy atom. The van der Waals surface area contributed by atoms with Gasteiger partial charge in [-0.3, -0.25) is 4.79 Å². The lowest BCUT2D eigenvalue weighted by molar-refractivity contribution is -0.137. The van der Waals surface area contributed by atoms with E-state index in [1.54, 1.807) is 6.92 Å². The van der Waals surface area contributed by atoms with Crippen molar-refractivity contribution >= 4 is 5.97 Å². The Labute approximate surface area is 91.6 Å². The third kappa shape index (κ3) is 1.80. The first-order valence-electron chi connectivity index (χ1n) is 4.89. The minimum absolute atomic E-state index is 0.0472. The number of aliphatic carboxylic acids is 1. The number of carbonyl (C=O) groups is 1. The van der Waals surface area contributed by atoms with E-state index in [0.717, 1.165) is 0 Å². The number of carboxylic acid groups (broad SMARTS) is 1. The van der Waals surface area contributed by atoms with E-state index in [1.165, 1.54) is 12.1 Å². The second kappa shape index (κ2) is 4.00. The molecule has 1 aromatic rings. The van der Waals surface area contributed by atoms with E-state index in [4.69, 9.17) is 14.6 Å². The zero-order valence-electron chi connectivity index (χ0n) is 8.70. The number of hydrogen-bond donors (Lipinski definition) is 1. The van der Waals surface area contributed by atoms with Gasteiger partial charge < -0.3 is 14.6 Å². The van der Waals surface area contributed by atoms with Gasteiger partial charge in [-0.15, -0.1) is 0 Å². The van der Waals surface area contributed by atoms with Crippen molar-refractivity contribution in [2.75, 3.05) is 6.79 Å². The molecule has 1 atom stereocenters. The maximum atomic E-state index is 13.6. The van der Waals surface area contributed by atoms with E-state index in [-0.39, 0.29) is 18.8 Å². The molecule has 1 aliphatic rings. The van der Waals surface area contributed by atoms with Crippen molar-refractivity contribution < 1.29 is 23.8 Å². The molecule has 86 valence electrons. The third-order valence-electron chi connectivity index (χ3n) is 2.50. The number of hydrogen-bond acceptors (Lipinski definition) is 3. The van der Waals surface area contributed by atoms with Crippen LogP contribution in [0.1, 0.15) is 24.8 Å². The molecule has 16 heavy (non-hydrogen) atoms. The number of carboxylic acids is 1. The normalized spacial score (nSPS) is 14.9. The summed E-state index contributed by atoms with van der Waals surface area (Å²) in [7, 11) is 0. The van der Waals surface area contributed by atoms with Gasteiger partial charge in [0.25, 0.3) is 0 Å². The summed E-state index contributed by atoms with van der Waals surface area (Å²) in [6.07, 6.45) is -0.142. The number of halogens is 1. The van der Waals surface area contributed by atoms with Crippen molar-refractivity contribution in [1.82, 2.24) is 0 Å². The Balaban J connectivity index is 2.39. The van der Waals surface area contributed by atoms with Crippen LogP contribution in [0.25, 0.3) is 0 Å². The summed E-state index contributed by atoms with van der Waals surface area (Å²) in [5.74, 6) is -1.09. The fourth-order valence-corrected chi connectivity index (χ4v) is 1.79. The lowest BCUT2D eigenvalue weighted by Crippen LogP contribution is -2.06. The molecule has 0 bridgehead atoms. The van der Waals surface area contributed by atoms with Crippen LogP contribution in [0.3, 0.4) is 0 Å². The standard InChI is InChI=1S/C11H11FO4/c1-6(4-9(13)14)10-7(12)2-3-8-11(10)16-5-15-8/h2-3,6H,4-5H2,1H3,(H,13,14). The highest BCUT2D eigenvalue weighted by molar-refractivity contribution is 5.68. The second-order valence-electron chi connectivity index (χ2n) is 3.69. The predicted octanol–water partition coefficient (Wildman–Crippen LogP) is 2.13. The summed E-state index contributed by atoms with van der Waals surface area (Å²) < 4.78 is 23.9. The van der Waals surface area contributed by atoms with E-state index < -0.39 is 17.7 Å². The van der Waals surface area contributed by atoms with E-state index in [9.17, 15) is 9.18 Å². The van der Waals surface area contributed by atoms with Crippen LogP contribution in [0.2, 0.25) is 0 Å². The maximum absolute atomic E-state index is 13.6. The highest BCUT2D eigenvalue weighted by atomic mass is 19.1. The molecule has 0 fully saturated rings. The van der Waals surface area contributed by atoms with E-state index in [1.807, 2.05) is 0 Å². The molecular weight excluding hydrogens is 215 g/mol. The van der Waals surface area contributed by atoms with Gasteiger partial charge in [0.05, 0.1) is 6.42 Å². The highest BCUT2D eigenvalue weighted by Crippen LogP contribution is 2.41. The molecule has 0 radical (unpaired) electrons. The lowest BCUT2D eigenvalue weighted by atomic mass is 9.96. The molecule has 1 N–H and O–H groups in total. The molecule has 4 nitrogen and oxygen atoms in total. The summed E-state index contributed by atoms with van der Waals surface area (Å²) >= 11 is 0. The molecule has 0 saturated heterocycles. The van der Waals surface area contributed by atoms with Crippen molar-refractivity contribution in [2.24, 2.45) is 0 Å². The third-order valence-corrected chi connectivity index (χ3v) is 2.50. The predicted molar refractivity (Wildman–Crippen MR) is 53.2 cm³/mol. The first kappa shape index (κ1) is 10.7. The molecule has 2 rings (SSSR count). The minimum Gasteiger partial charge on any atom is -0.481 e. The summed E-state index contributed by atoms with van der Waals surface area (Å²) in [5, 5.41) is 8.69. The number of fused-ring (bicyclic) bond motifs is 1. The zero-order chi connectivity index (χ0) is 11.7. The van der Waals surface area contributed by atoms with Gasteiger partial charge in [-0.25, -0.2) is 4.39 Å². The largest absolute Gasteiger partial charge is 0.481 e. The quantitative estimate of drug-likeness (QED) is 0.857. The number of ether oxygens (including phenoxy) is 2. The number of benzene rings is 1. The minimum atomic E-state index is -0.969. The van der Waals surface area contributed by atoms with Crippen molar-refractivity contribution in [3.05, 3.63) is 23.5 Å². The molecular formula is C11H11FO4. The number of rotatable bonds is 3. The Morgan fingerprint density at radius 1 is 1.56 bits per heavy atom. The van der Waals surface area contributed by atoms with Crippen LogP contribution in [0, 0.1) is 5.82 Å². The van der Waals surface area contributed by atoms with Crippen LogP contribution in [-0.4, -0.2) is 17.9 Å². The molecule has 1 heterocycles. The van der Waals surface area contributed by atoms with Crippen molar-refractivity contribution in [3.8, 4) is 11.5 Å². The first-order valence-corrected chi connectivity index (χ1v) is 4.89. The smallest absolute Gasteiger partial charge is 0.303 e. The molecule has 0 saturated carbocycles. The molecule has 1 aromatic carbocycles. The zero-order valence-corrected chi connectivity index (χ0v) is 8.70. The lowest BCUT2D eigenvalue weighted by Gasteiger charge is -2.12. The Kier molecular flexibility index (Phi) is 2.68. The van der Waals surface area contributed by atoms with Gasteiger partial charge in [0.15, 0.2) is 11.5 Å². The van der Waals surface area contributed by atoms with Crippen LogP contribution in [-0.2, 0) is 4.79 Å². The van der Waals surface area contributed by atoms with E-state index >= 15 is 0 Å². The molecule has 0 amide bonds. The Morgan fingerprint density at radius 3 is 3.00 bits per heavy atom. The summed E-state index contributed by atoms with van der Waals surface area (Å²) in [4.78, 5) is 10.6. The summed E-state index contributed by atoms with van der Waals surface area (Å²) in [5.41, 5.74) is 0.275. The molecule has 1 unspecified atom stereocenters. The fraction of sp³-hybridized carbons (Fsp3) is 0.364. The molecule has 0 spiro atoms. The summed E-state index contributed by atoms with van der Waals surface area (Å²) in [6.45, 7) is 1.69. The molecule has 1 aliphatic heterocycles. The first-order chi connectivity index (χ1) is 7.59. The van der Waals surface area contributed by atoms with Gasteiger partial charge >= 0.3 is 5.97 Å². The maximum Gasteiger partial charge on any atom is 0.303 e. The van der Waals surface area contributed by atoms with Crippen LogP contribution < -0.4 is 9.47 Å². The SMILES string of the molecule is CC(CC(=O)O)c1c(F)ccc2c1OCO2. The van der Waals surface area contributed by atoms with Gasteiger partial charge in [-0.05, 0) is 18.1 Å². The molecule has 0 aliphatic carbocycles. The van der Waals surface area contributed by atoms with Gasteiger partial charge in [0.2, 0.25) is 6.79 Å². The van der Waals surface area contributed by atoms with Crippen molar-refractivity contribution in [2.45, 2.75) is 19.3 Å². The van der Waals surface area contributed by atoms with Crippen LogP contribution in [0.4, 0.5) is 4.39 Å². The average molecular weight is 226 g/mol. The van der Waals surface area contributed by atoms with Crippen LogP contribution in [0.5, 0.6) is 11.5 Å². The second-order valence-corrected chi connectivity index (χ2v) is 3.69. The van der Waals surface area contributed by atoms with Gasteiger partial charge in [-0.2, -0.15) is 0 Å². The van der Waals surface area contributed by atoms with Crippen LogP contribution >= 0.6 is 0 Å². The Bertz CT molecular complexity index is 430. The fourth-order valence-electron chi connectivity index (χ4n) is 1.79. The van der Waals surface area contributed by atoms with Crippen molar-refractivity contribution in [1.29, 1.82) is 0 Å².